The van der Waals surface area contributed by atoms with Crippen molar-refractivity contribution in [1.82, 2.24) is 4.90 Å². The molecule has 2 aromatic rings. The molecule has 1 aliphatic heterocycles. The van der Waals surface area contributed by atoms with Gasteiger partial charge in [0, 0.05) is 17.0 Å². The van der Waals surface area contributed by atoms with E-state index in [0.717, 1.165) is 6.42 Å². The van der Waals surface area contributed by atoms with Crippen molar-refractivity contribution in [3.8, 4) is 0 Å². The third-order valence-corrected chi connectivity index (χ3v) is 4.78. The zero-order chi connectivity index (χ0) is 14.3. The van der Waals surface area contributed by atoms with Gasteiger partial charge in [-0.1, -0.05) is 0 Å². The molecular formula is C15H15FN2OS. The highest BCUT2D eigenvalue weighted by atomic mass is 32.1. The quantitative estimate of drug-likeness (QED) is 0.820. The number of hydrogen-bond acceptors (Lipinski definition) is 3. The maximum Gasteiger partial charge on any atom is 0.254 e. The van der Waals surface area contributed by atoms with E-state index < -0.39 is 5.82 Å². The average Bonchev–Trinajstić information content (AvgIpc) is 2.91. The van der Waals surface area contributed by atoms with Crippen LogP contribution in [0.15, 0.2) is 29.6 Å². The van der Waals surface area contributed by atoms with Crippen LogP contribution >= 0.6 is 11.3 Å². The summed E-state index contributed by atoms with van der Waals surface area (Å²) in [6.07, 6.45) is 0.862. The van der Waals surface area contributed by atoms with Crippen LogP contribution in [-0.2, 0) is 6.42 Å². The Labute approximate surface area is 120 Å². The van der Waals surface area contributed by atoms with Gasteiger partial charge in [0.1, 0.15) is 5.82 Å². The van der Waals surface area contributed by atoms with Crippen molar-refractivity contribution >= 4 is 22.9 Å². The average molecular weight is 290 g/mol. The second-order valence-corrected chi connectivity index (χ2v) is 5.96. The van der Waals surface area contributed by atoms with Gasteiger partial charge in [-0.15, -0.1) is 11.3 Å². The highest BCUT2D eigenvalue weighted by molar-refractivity contribution is 7.10. The molecule has 3 rings (SSSR count). The summed E-state index contributed by atoms with van der Waals surface area (Å²) in [7, 11) is 0. The van der Waals surface area contributed by atoms with Gasteiger partial charge < -0.3 is 10.6 Å². The molecule has 0 saturated carbocycles. The number of anilines is 1. The lowest BCUT2D eigenvalue weighted by molar-refractivity contribution is 0.0679. The molecule has 2 heterocycles. The molecule has 1 aliphatic rings. The molecule has 0 radical (unpaired) electrons. The van der Waals surface area contributed by atoms with Gasteiger partial charge in [-0.3, -0.25) is 4.79 Å². The van der Waals surface area contributed by atoms with Gasteiger partial charge in [0.05, 0.1) is 11.7 Å². The number of carbonyl (C=O) groups is 1. The number of hydrogen-bond donors (Lipinski definition) is 1. The van der Waals surface area contributed by atoms with Crippen LogP contribution in [0, 0.1) is 5.82 Å². The van der Waals surface area contributed by atoms with Crippen LogP contribution in [0.4, 0.5) is 10.1 Å². The summed E-state index contributed by atoms with van der Waals surface area (Å²) in [5, 5.41) is 2.05. The minimum absolute atomic E-state index is 0.0260. The number of nitrogens with two attached hydrogens (primary N) is 1. The molecule has 2 N–H and O–H groups in total. The number of rotatable bonds is 1. The van der Waals surface area contributed by atoms with E-state index in [1.54, 1.807) is 22.3 Å². The molecule has 5 heteroatoms. The van der Waals surface area contributed by atoms with Gasteiger partial charge in [-0.05, 0) is 48.6 Å². The lowest BCUT2D eigenvalue weighted by Gasteiger charge is -2.33. The van der Waals surface area contributed by atoms with Crippen LogP contribution < -0.4 is 5.73 Å². The number of nitrogens with zero attached hydrogens (tertiary/aromatic N) is 1. The SMILES string of the molecule is CC1c2ccsc2CCN1C(=O)c1ccc(N)c(F)c1. The first kappa shape index (κ1) is 13.1. The summed E-state index contributed by atoms with van der Waals surface area (Å²) >= 11 is 1.73. The predicted molar refractivity (Wildman–Crippen MR) is 78.3 cm³/mol. The topological polar surface area (TPSA) is 46.3 Å². The Morgan fingerprint density at radius 2 is 2.25 bits per heavy atom. The highest BCUT2D eigenvalue weighted by Gasteiger charge is 2.29. The molecule has 104 valence electrons. The third kappa shape index (κ3) is 2.08. The van der Waals surface area contributed by atoms with Gasteiger partial charge >= 0.3 is 0 Å². The van der Waals surface area contributed by atoms with E-state index in [9.17, 15) is 9.18 Å². The summed E-state index contributed by atoms with van der Waals surface area (Å²) in [4.78, 5) is 15.7. The number of carbonyl (C=O) groups excluding carboxylic acids is 1. The number of nitrogen functional groups attached to an aromatic ring is 1. The second kappa shape index (κ2) is 4.90. The van der Waals surface area contributed by atoms with Crippen molar-refractivity contribution in [3.63, 3.8) is 0 Å². The summed E-state index contributed by atoms with van der Waals surface area (Å²) < 4.78 is 13.5. The first-order valence-electron chi connectivity index (χ1n) is 6.50. The van der Waals surface area contributed by atoms with Crippen molar-refractivity contribution in [2.24, 2.45) is 0 Å². The molecule has 1 atom stereocenters. The normalized spacial score (nSPS) is 17.9. The van der Waals surface area contributed by atoms with Crippen molar-refractivity contribution in [3.05, 3.63) is 51.5 Å². The fourth-order valence-electron chi connectivity index (χ4n) is 2.61. The first-order valence-corrected chi connectivity index (χ1v) is 7.38. The minimum atomic E-state index is -0.545. The molecule has 3 nitrogen and oxygen atoms in total. The van der Waals surface area contributed by atoms with Crippen LogP contribution in [0.1, 0.15) is 33.8 Å². The smallest absolute Gasteiger partial charge is 0.254 e. The van der Waals surface area contributed by atoms with E-state index in [2.05, 4.69) is 11.4 Å². The number of fused-ring (bicyclic) bond motifs is 1. The second-order valence-electron chi connectivity index (χ2n) is 4.96. The molecular weight excluding hydrogens is 275 g/mol. The lowest BCUT2D eigenvalue weighted by Crippen LogP contribution is -2.38. The molecule has 0 bridgehead atoms. The van der Waals surface area contributed by atoms with Gasteiger partial charge in [0.2, 0.25) is 0 Å². The Kier molecular flexibility index (Phi) is 3.22. The standard InChI is InChI=1S/C15H15FN2OS/c1-9-11-5-7-20-14(11)4-6-18(9)15(19)10-2-3-13(17)12(16)8-10/h2-3,5,7-9H,4,6,17H2,1H3. The number of thiophene rings is 1. The first-order chi connectivity index (χ1) is 9.58. The zero-order valence-corrected chi connectivity index (χ0v) is 11.9. The van der Waals surface area contributed by atoms with E-state index >= 15 is 0 Å². The van der Waals surface area contributed by atoms with Crippen LogP contribution in [-0.4, -0.2) is 17.4 Å². The molecule has 20 heavy (non-hydrogen) atoms. The van der Waals surface area contributed by atoms with Crippen molar-refractivity contribution in [2.75, 3.05) is 12.3 Å². The number of amides is 1. The summed E-state index contributed by atoms with van der Waals surface area (Å²) in [5.74, 6) is -0.690. The van der Waals surface area contributed by atoms with E-state index in [-0.39, 0.29) is 17.6 Å². The van der Waals surface area contributed by atoms with Crippen LogP contribution in [0.5, 0.6) is 0 Å². The molecule has 0 spiro atoms. The van der Waals surface area contributed by atoms with E-state index in [4.69, 9.17) is 5.73 Å². The van der Waals surface area contributed by atoms with Crippen molar-refractivity contribution in [2.45, 2.75) is 19.4 Å². The Morgan fingerprint density at radius 1 is 1.45 bits per heavy atom. The monoisotopic (exact) mass is 290 g/mol. The highest BCUT2D eigenvalue weighted by Crippen LogP contribution is 2.33. The van der Waals surface area contributed by atoms with Gasteiger partial charge in [-0.2, -0.15) is 0 Å². The summed E-state index contributed by atoms with van der Waals surface area (Å²) in [5.41, 5.74) is 7.06. The zero-order valence-electron chi connectivity index (χ0n) is 11.1. The molecule has 0 fully saturated rings. The molecule has 0 aliphatic carbocycles. The predicted octanol–water partition coefficient (Wildman–Crippen LogP) is 3.23. The Hall–Kier alpha value is -1.88. The van der Waals surface area contributed by atoms with E-state index in [1.807, 2.05) is 6.92 Å². The summed E-state index contributed by atoms with van der Waals surface area (Å²) in [6.45, 7) is 2.68. The van der Waals surface area contributed by atoms with E-state index in [0.29, 0.717) is 12.1 Å². The largest absolute Gasteiger partial charge is 0.396 e. The minimum Gasteiger partial charge on any atom is -0.396 e. The lowest BCUT2D eigenvalue weighted by atomic mass is 10.0. The van der Waals surface area contributed by atoms with Gasteiger partial charge in [-0.25, -0.2) is 4.39 Å². The van der Waals surface area contributed by atoms with Crippen LogP contribution in [0.25, 0.3) is 0 Å². The fraction of sp³-hybridized carbons (Fsp3) is 0.267. The third-order valence-electron chi connectivity index (χ3n) is 3.79. The number of benzene rings is 1. The van der Waals surface area contributed by atoms with Crippen molar-refractivity contribution < 1.29 is 9.18 Å². The Morgan fingerprint density at radius 3 is 3.00 bits per heavy atom. The van der Waals surface area contributed by atoms with Crippen LogP contribution in [0.2, 0.25) is 0 Å². The maximum atomic E-state index is 13.5. The molecule has 1 amide bonds. The molecule has 1 unspecified atom stereocenters. The van der Waals surface area contributed by atoms with Gasteiger partial charge in [0.25, 0.3) is 5.91 Å². The number of halogens is 1. The maximum absolute atomic E-state index is 13.5. The molecule has 0 saturated heterocycles. The Bertz CT molecular complexity index is 668. The van der Waals surface area contributed by atoms with E-state index in [1.165, 1.54) is 22.6 Å². The molecule has 1 aromatic heterocycles. The summed E-state index contributed by atoms with van der Waals surface area (Å²) in [6, 6.07) is 6.32. The Balaban J connectivity index is 1.90. The molecule has 1 aromatic carbocycles. The fourth-order valence-corrected chi connectivity index (χ4v) is 3.58. The van der Waals surface area contributed by atoms with Crippen LogP contribution in [0.3, 0.4) is 0 Å². The van der Waals surface area contributed by atoms with Crippen molar-refractivity contribution in [1.29, 1.82) is 0 Å². The van der Waals surface area contributed by atoms with Gasteiger partial charge in [0.15, 0.2) is 0 Å².